The van der Waals surface area contributed by atoms with Crippen molar-refractivity contribution in [2.45, 2.75) is 20.8 Å². The molecule has 0 aliphatic rings. The number of hydrazone groups is 1. The number of phenols is 1. The van der Waals surface area contributed by atoms with Crippen molar-refractivity contribution in [2.75, 3.05) is 13.7 Å². The van der Waals surface area contributed by atoms with Gasteiger partial charge in [0.25, 0.3) is 5.91 Å². The summed E-state index contributed by atoms with van der Waals surface area (Å²) in [5.74, 6) is 0.623. The van der Waals surface area contributed by atoms with Gasteiger partial charge in [0.15, 0.2) is 18.1 Å². The van der Waals surface area contributed by atoms with E-state index in [1.165, 1.54) is 13.3 Å². The van der Waals surface area contributed by atoms with Gasteiger partial charge < -0.3 is 14.6 Å². The molecular weight excluding hydrogens is 320 g/mol. The van der Waals surface area contributed by atoms with E-state index in [1.54, 1.807) is 18.2 Å². The molecular formula is C19H22N2O4. The third-order valence-electron chi connectivity index (χ3n) is 3.86. The Hall–Kier alpha value is -3.02. The van der Waals surface area contributed by atoms with Gasteiger partial charge in [-0.15, -0.1) is 0 Å². The van der Waals surface area contributed by atoms with E-state index in [9.17, 15) is 9.90 Å². The molecule has 132 valence electrons. The fraction of sp³-hybridized carbons (Fsp3) is 0.263. The molecule has 0 heterocycles. The molecule has 0 aromatic heterocycles. The minimum atomic E-state index is -0.390. The molecule has 0 aliphatic heterocycles. The average molecular weight is 342 g/mol. The Kier molecular flexibility index (Phi) is 6.00. The van der Waals surface area contributed by atoms with Crippen molar-refractivity contribution in [1.82, 2.24) is 5.43 Å². The molecule has 0 fully saturated rings. The Bertz CT molecular complexity index is 800. The van der Waals surface area contributed by atoms with Crippen molar-refractivity contribution in [1.29, 1.82) is 0 Å². The number of carbonyl (C=O) groups excluding carboxylic acids is 1. The second kappa shape index (κ2) is 8.19. The van der Waals surface area contributed by atoms with Gasteiger partial charge in [-0.25, -0.2) is 5.43 Å². The highest BCUT2D eigenvalue weighted by Gasteiger charge is 2.09. The molecule has 2 rings (SSSR count). The molecule has 0 spiro atoms. The number of hydrogen-bond acceptors (Lipinski definition) is 5. The molecule has 25 heavy (non-hydrogen) atoms. The number of amides is 1. The van der Waals surface area contributed by atoms with Crippen molar-refractivity contribution in [3.63, 3.8) is 0 Å². The summed E-state index contributed by atoms with van der Waals surface area (Å²) in [6, 6.07) is 8.98. The maximum absolute atomic E-state index is 11.9. The summed E-state index contributed by atoms with van der Waals surface area (Å²) in [7, 11) is 1.46. The van der Waals surface area contributed by atoms with Gasteiger partial charge in [-0.1, -0.05) is 18.2 Å². The lowest BCUT2D eigenvalue weighted by atomic mass is 10.1. The zero-order valence-corrected chi connectivity index (χ0v) is 14.8. The topological polar surface area (TPSA) is 80.2 Å². The van der Waals surface area contributed by atoms with Crippen LogP contribution >= 0.6 is 0 Å². The second-order valence-corrected chi connectivity index (χ2v) is 5.63. The highest BCUT2D eigenvalue weighted by molar-refractivity contribution is 5.86. The van der Waals surface area contributed by atoms with Crippen LogP contribution in [0.1, 0.15) is 22.3 Å². The van der Waals surface area contributed by atoms with Crippen molar-refractivity contribution < 1.29 is 19.4 Å². The number of rotatable bonds is 6. The van der Waals surface area contributed by atoms with Crippen LogP contribution in [0.3, 0.4) is 0 Å². The van der Waals surface area contributed by atoms with E-state index >= 15 is 0 Å². The molecule has 6 nitrogen and oxygen atoms in total. The molecule has 0 saturated heterocycles. The zero-order valence-electron chi connectivity index (χ0n) is 14.8. The average Bonchev–Trinajstić information content (AvgIpc) is 2.60. The zero-order chi connectivity index (χ0) is 18.4. The summed E-state index contributed by atoms with van der Waals surface area (Å²) in [4.78, 5) is 11.9. The Morgan fingerprint density at radius 2 is 1.92 bits per heavy atom. The van der Waals surface area contributed by atoms with Crippen molar-refractivity contribution in [3.8, 4) is 17.2 Å². The number of aryl methyl sites for hydroxylation is 2. The van der Waals surface area contributed by atoms with Crippen LogP contribution in [0.25, 0.3) is 0 Å². The molecule has 0 saturated carbocycles. The molecule has 2 aromatic carbocycles. The number of phenolic OH excluding ortho intramolecular Hbond substituents is 1. The van der Waals surface area contributed by atoms with Gasteiger partial charge in [-0.3, -0.25) is 4.79 Å². The quantitative estimate of drug-likeness (QED) is 0.625. The third-order valence-corrected chi connectivity index (χ3v) is 3.86. The van der Waals surface area contributed by atoms with Gasteiger partial charge >= 0.3 is 0 Å². The number of methoxy groups -OCH3 is 1. The fourth-order valence-electron chi connectivity index (χ4n) is 2.30. The van der Waals surface area contributed by atoms with Crippen molar-refractivity contribution in [2.24, 2.45) is 5.10 Å². The lowest BCUT2D eigenvalue weighted by Gasteiger charge is -2.13. The third kappa shape index (κ3) is 4.50. The monoisotopic (exact) mass is 342 g/mol. The minimum Gasteiger partial charge on any atom is -0.504 e. The van der Waals surface area contributed by atoms with Crippen LogP contribution in [-0.2, 0) is 4.79 Å². The van der Waals surface area contributed by atoms with E-state index < -0.39 is 0 Å². The maximum Gasteiger partial charge on any atom is 0.277 e. The SMILES string of the molecule is COc1cccc(C=NNC(=O)COc2c(C)ccc(C)c2C)c1O. The maximum atomic E-state index is 11.9. The predicted octanol–water partition coefficient (Wildman–Crippen LogP) is 2.86. The Morgan fingerprint density at radius 1 is 1.20 bits per heavy atom. The lowest BCUT2D eigenvalue weighted by molar-refractivity contribution is -0.123. The van der Waals surface area contributed by atoms with Crippen LogP contribution in [-0.4, -0.2) is 30.9 Å². The molecule has 0 bridgehead atoms. The first-order valence-corrected chi connectivity index (χ1v) is 7.81. The minimum absolute atomic E-state index is 0.0368. The van der Waals surface area contributed by atoms with Gasteiger partial charge in [0.1, 0.15) is 5.75 Å². The van der Waals surface area contributed by atoms with Crippen LogP contribution in [0, 0.1) is 20.8 Å². The van der Waals surface area contributed by atoms with E-state index in [-0.39, 0.29) is 18.3 Å². The number of nitrogens with zero attached hydrogens (tertiary/aromatic N) is 1. The molecule has 0 atom stereocenters. The number of benzene rings is 2. The second-order valence-electron chi connectivity index (χ2n) is 5.63. The highest BCUT2D eigenvalue weighted by atomic mass is 16.5. The number of carbonyl (C=O) groups is 1. The Labute approximate surface area is 147 Å². The van der Waals surface area contributed by atoms with E-state index in [0.29, 0.717) is 17.1 Å². The number of hydrogen-bond donors (Lipinski definition) is 2. The van der Waals surface area contributed by atoms with E-state index in [0.717, 1.165) is 16.7 Å². The van der Waals surface area contributed by atoms with Gasteiger partial charge in [-0.05, 0) is 49.6 Å². The Morgan fingerprint density at radius 3 is 2.64 bits per heavy atom. The molecule has 2 N–H and O–H groups in total. The Balaban J connectivity index is 1.95. The van der Waals surface area contributed by atoms with Crippen molar-refractivity contribution >= 4 is 12.1 Å². The van der Waals surface area contributed by atoms with E-state index in [4.69, 9.17) is 9.47 Å². The summed E-state index contributed by atoms with van der Waals surface area (Å²) in [6.07, 6.45) is 1.35. The van der Waals surface area contributed by atoms with Gasteiger partial charge in [-0.2, -0.15) is 5.10 Å². The molecule has 0 radical (unpaired) electrons. The molecule has 2 aromatic rings. The summed E-state index contributed by atoms with van der Waals surface area (Å²) >= 11 is 0. The van der Waals surface area contributed by atoms with Gasteiger partial charge in [0.05, 0.1) is 13.3 Å². The molecule has 6 heteroatoms. The number of nitrogens with one attached hydrogen (secondary N) is 1. The molecule has 0 aliphatic carbocycles. The first-order chi connectivity index (χ1) is 11.9. The van der Waals surface area contributed by atoms with Gasteiger partial charge in [0, 0.05) is 5.56 Å². The number of aromatic hydroxyl groups is 1. The molecule has 1 amide bonds. The van der Waals surface area contributed by atoms with Crippen molar-refractivity contribution in [3.05, 3.63) is 52.6 Å². The summed E-state index contributed by atoms with van der Waals surface area (Å²) < 4.78 is 10.6. The largest absolute Gasteiger partial charge is 0.504 e. The highest BCUT2D eigenvalue weighted by Crippen LogP contribution is 2.28. The first kappa shape index (κ1) is 18.3. The molecule has 0 unspecified atom stereocenters. The predicted molar refractivity (Wildman–Crippen MR) is 96.5 cm³/mol. The lowest BCUT2D eigenvalue weighted by Crippen LogP contribution is -2.25. The fourth-order valence-corrected chi connectivity index (χ4v) is 2.30. The summed E-state index contributed by atoms with van der Waals surface area (Å²) in [5.41, 5.74) is 5.90. The van der Waals surface area contributed by atoms with Crippen LogP contribution in [0.2, 0.25) is 0 Å². The van der Waals surface area contributed by atoms with Gasteiger partial charge in [0.2, 0.25) is 0 Å². The normalized spacial score (nSPS) is 10.7. The summed E-state index contributed by atoms with van der Waals surface area (Å²) in [5, 5.41) is 13.8. The number of ether oxygens (including phenoxy) is 2. The summed E-state index contributed by atoms with van der Waals surface area (Å²) in [6.45, 7) is 5.74. The van der Waals surface area contributed by atoms with E-state index in [1.807, 2.05) is 32.9 Å². The van der Waals surface area contributed by atoms with E-state index in [2.05, 4.69) is 10.5 Å². The first-order valence-electron chi connectivity index (χ1n) is 7.81. The van der Waals surface area contributed by atoms with Crippen LogP contribution < -0.4 is 14.9 Å². The number of para-hydroxylation sites is 1. The smallest absolute Gasteiger partial charge is 0.277 e. The standard InChI is InChI=1S/C19H22N2O4/c1-12-8-9-13(2)19(14(12)3)25-11-17(22)21-20-10-15-6-5-7-16(24-4)18(15)23/h5-10,23H,11H2,1-4H3,(H,21,22). The van der Waals surface area contributed by atoms with Crippen LogP contribution in [0.5, 0.6) is 17.2 Å². The van der Waals surface area contributed by atoms with Crippen LogP contribution in [0.15, 0.2) is 35.4 Å². The van der Waals surface area contributed by atoms with Crippen LogP contribution in [0.4, 0.5) is 0 Å².